The van der Waals surface area contributed by atoms with E-state index in [2.05, 4.69) is 0 Å². The quantitative estimate of drug-likeness (QED) is 0.702. The molecule has 1 aliphatic rings. The minimum Gasteiger partial charge on any atom is -0.481 e. The molecule has 0 spiro atoms. The number of carbonyl (C=O) groups is 1. The number of carboxylic acids is 1. The Bertz CT molecular complexity index is 837. The highest BCUT2D eigenvalue weighted by molar-refractivity contribution is 7.12. The number of benzene rings is 1. The number of carboxylic acid groups (broad SMARTS) is 1. The van der Waals surface area contributed by atoms with Crippen molar-refractivity contribution in [1.29, 1.82) is 0 Å². The molecule has 0 bridgehead atoms. The van der Waals surface area contributed by atoms with Crippen molar-refractivity contribution < 1.29 is 23.1 Å². The topological polar surface area (TPSA) is 40.5 Å². The van der Waals surface area contributed by atoms with Gasteiger partial charge in [-0.05, 0) is 62.2 Å². The van der Waals surface area contributed by atoms with Gasteiger partial charge in [-0.1, -0.05) is 11.6 Å². The van der Waals surface area contributed by atoms with Gasteiger partial charge in [0, 0.05) is 21.3 Å². The van der Waals surface area contributed by atoms with Crippen LogP contribution in [0.2, 0.25) is 5.02 Å². The number of nitrogens with zero attached hydrogens (tertiary/aromatic N) is 1. The number of aryl methyl sites for hydroxylation is 1. The van der Waals surface area contributed by atoms with E-state index in [4.69, 9.17) is 11.6 Å². The maximum Gasteiger partial charge on any atom is 0.416 e. The fourth-order valence-corrected chi connectivity index (χ4v) is 4.75. The van der Waals surface area contributed by atoms with Crippen LogP contribution >= 0.6 is 22.9 Å². The summed E-state index contributed by atoms with van der Waals surface area (Å²) < 4.78 is 39.7. The Morgan fingerprint density at radius 1 is 1.33 bits per heavy atom. The predicted molar refractivity (Wildman–Crippen MR) is 99.3 cm³/mol. The van der Waals surface area contributed by atoms with Gasteiger partial charge in [-0.25, -0.2) is 0 Å². The van der Waals surface area contributed by atoms with Gasteiger partial charge in [-0.2, -0.15) is 13.2 Å². The summed E-state index contributed by atoms with van der Waals surface area (Å²) in [6.07, 6.45) is -3.23. The fraction of sp³-hybridized carbons (Fsp3) is 0.421. The van der Waals surface area contributed by atoms with Gasteiger partial charge in [0.25, 0.3) is 0 Å². The molecule has 1 aromatic carbocycles. The van der Waals surface area contributed by atoms with Crippen LogP contribution in [0.1, 0.15) is 39.8 Å². The smallest absolute Gasteiger partial charge is 0.416 e. The van der Waals surface area contributed by atoms with Crippen LogP contribution in [0.4, 0.5) is 13.2 Å². The first-order chi connectivity index (χ1) is 12.7. The number of alkyl halides is 3. The van der Waals surface area contributed by atoms with Crippen molar-refractivity contribution in [3.8, 4) is 0 Å². The van der Waals surface area contributed by atoms with Gasteiger partial charge in [0.05, 0.1) is 17.5 Å². The zero-order valence-electron chi connectivity index (χ0n) is 14.6. The lowest BCUT2D eigenvalue weighted by molar-refractivity contribution is -0.143. The Labute approximate surface area is 164 Å². The molecule has 1 N–H and O–H groups in total. The van der Waals surface area contributed by atoms with Crippen LogP contribution in [-0.4, -0.2) is 29.1 Å². The Morgan fingerprint density at radius 3 is 2.67 bits per heavy atom. The van der Waals surface area contributed by atoms with Gasteiger partial charge in [-0.3, -0.25) is 9.69 Å². The molecule has 2 aromatic rings. The van der Waals surface area contributed by atoms with Gasteiger partial charge in [0.2, 0.25) is 0 Å². The molecule has 2 unspecified atom stereocenters. The molecule has 0 amide bonds. The van der Waals surface area contributed by atoms with E-state index in [1.807, 2.05) is 24.0 Å². The lowest BCUT2D eigenvalue weighted by atomic mass is 9.93. The van der Waals surface area contributed by atoms with Crippen LogP contribution in [0.15, 0.2) is 30.3 Å². The molecule has 146 valence electrons. The monoisotopic (exact) mass is 417 g/mol. The number of rotatable bonds is 4. The first-order valence-electron chi connectivity index (χ1n) is 8.56. The Kier molecular flexibility index (Phi) is 5.84. The molecule has 0 radical (unpaired) electrons. The minimum atomic E-state index is -4.47. The summed E-state index contributed by atoms with van der Waals surface area (Å²) in [5.41, 5.74) is -0.397. The molecule has 3 nitrogen and oxygen atoms in total. The second-order valence-corrected chi connectivity index (χ2v) is 8.48. The second kappa shape index (κ2) is 7.81. The molecule has 0 saturated carbocycles. The maximum atomic E-state index is 13.2. The number of hydrogen-bond donors (Lipinski definition) is 1. The summed E-state index contributed by atoms with van der Waals surface area (Å²) in [4.78, 5) is 15.3. The van der Waals surface area contributed by atoms with Crippen LogP contribution in [0.3, 0.4) is 0 Å². The Hall–Kier alpha value is -1.57. The van der Waals surface area contributed by atoms with E-state index >= 15 is 0 Å². The third-order valence-electron chi connectivity index (χ3n) is 4.82. The number of hydrogen-bond acceptors (Lipinski definition) is 3. The summed E-state index contributed by atoms with van der Waals surface area (Å²) in [5, 5.41) is 9.64. The summed E-state index contributed by atoms with van der Waals surface area (Å²) >= 11 is 7.80. The number of thiophene rings is 1. The number of aliphatic carboxylic acids is 1. The molecular weight excluding hydrogens is 399 g/mol. The number of likely N-dealkylation sites (tertiary alicyclic amines) is 1. The molecule has 27 heavy (non-hydrogen) atoms. The molecule has 8 heteroatoms. The first kappa shape index (κ1) is 20.2. The Morgan fingerprint density at radius 2 is 2.07 bits per heavy atom. The van der Waals surface area contributed by atoms with E-state index in [1.165, 1.54) is 17.4 Å². The van der Waals surface area contributed by atoms with Crippen LogP contribution in [0, 0.1) is 12.8 Å². The molecule has 1 saturated heterocycles. The molecule has 1 aromatic heterocycles. The predicted octanol–water partition coefficient (Wildman–Crippen LogP) is 5.61. The van der Waals surface area contributed by atoms with Crippen molar-refractivity contribution in [2.75, 3.05) is 13.1 Å². The third kappa shape index (κ3) is 4.47. The van der Waals surface area contributed by atoms with Crippen molar-refractivity contribution in [2.24, 2.45) is 5.92 Å². The second-order valence-electron chi connectivity index (χ2n) is 6.76. The first-order valence-corrected chi connectivity index (χ1v) is 9.76. The van der Waals surface area contributed by atoms with Crippen molar-refractivity contribution >= 4 is 28.9 Å². The third-order valence-corrected chi connectivity index (χ3v) is 6.21. The van der Waals surface area contributed by atoms with Crippen LogP contribution in [0.25, 0.3) is 0 Å². The van der Waals surface area contributed by atoms with Gasteiger partial charge in [0.1, 0.15) is 0 Å². The standard InChI is InChI=1S/C19H19ClF3NO2S/c1-11-4-7-16(27-11)17(24-8-2-3-12(10-24)18(25)26)14-9-13(19(21,22)23)5-6-15(14)20/h4-7,9,12,17H,2-3,8,10H2,1H3,(H,25,26). The van der Waals surface area contributed by atoms with Crippen LogP contribution in [-0.2, 0) is 11.0 Å². The number of piperidine rings is 1. The van der Waals surface area contributed by atoms with Gasteiger partial charge in [-0.15, -0.1) is 11.3 Å². The largest absolute Gasteiger partial charge is 0.481 e. The van der Waals surface area contributed by atoms with E-state index in [0.29, 0.717) is 24.9 Å². The lowest BCUT2D eigenvalue weighted by Crippen LogP contribution is -2.41. The van der Waals surface area contributed by atoms with E-state index in [9.17, 15) is 23.1 Å². The molecule has 2 atom stereocenters. The van der Waals surface area contributed by atoms with Crippen LogP contribution < -0.4 is 0 Å². The summed E-state index contributed by atoms with van der Waals surface area (Å²) in [7, 11) is 0. The summed E-state index contributed by atoms with van der Waals surface area (Å²) in [5.74, 6) is -1.41. The molecule has 2 heterocycles. The van der Waals surface area contributed by atoms with E-state index in [1.54, 1.807) is 0 Å². The van der Waals surface area contributed by atoms with Crippen molar-refractivity contribution in [1.82, 2.24) is 4.90 Å². The molecular formula is C19H19ClF3NO2S. The van der Waals surface area contributed by atoms with Crippen molar-refractivity contribution in [3.05, 3.63) is 56.2 Å². The van der Waals surface area contributed by atoms with E-state index in [-0.39, 0.29) is 11.6 Å². The Balaban J connectivity index is 2.07. The summed E-state index contributed by atoms with van der Waals surface area (Å²) in [6.45, 7) is 2.82. The number of halogens is 4. The van der Waals surface area contributed by atoms with Gasteiger partial charge < -0.3 is 5.11 Å². The highest BCUT2D eigenvalue weighted by atomic mass is 35.5. The molecule has 1 fully saturated rings. The zero-order chi connectivity index (χ0) is 19.8. The SMILES string of the molecule is Cc1ccc(C(c2cc(C(F)(F)F)ccc2Cl)N2CCCC(C(=O)O)C2)s1. The van der Waals surface area contributed by atoms with E-state index in [0.717, 1.165) is 21.9 Å². The molecule has 0 aliphatic carbocycles. The normalized spacial score (nSPS) is 19.8. The molecule has 1 aliphatic heterocycles. The lowest BCUT2D eigenvalue weighted by Gasteiger charge is -2.37. The zero-order valence-corrected chi connectivity index (χ0v) is 16.2. The molecule has 3 rings (SSSR count). The average molecular weight is 418 g/mol. The minimum absolute atomic E-state index is 0.247. The average Bonchev–Trinajstić information content (AvgIpc) is 3.02. The fourth-order valence-electron chi connectivity index (χ4n) is 3.50. The maximum absolute atomic E-state index is 13.2. The van der Waals surface area contributed by atoms with Crippen LogP contribution in [0.5, 0.6) is 0 Å². The van der Waals surface area contributed by atoms with Gasteiger partial charge >= 0.3 is 12.1 Å². The van der Waals surface area contributed by atoms with Gasteiger partial charge in [0.15, 0.2) is 0 Å². The summed E-state index contributed by atoms with van der Waals surface area (Å²) in [6, 6.07) is 6.62. The van der Waals surface area contributed by atoms with Crippen molar-refractivity contribution in [2.45, 2.75) is 32.0 Å². The van der Waals surface area contributed by atoms with Crippen molar-refractivity contribution in [3.63, 3.8) is 0 Å². The highest BCUT2D eigenvalue weighted by Gasteiger charge is 2.36. The van der Waals surface area contributed by atoms with E-state index < -0.39 is 29.7 Å². The highest BCUT2D eigenvalue weighted by Crippen LogP contribution is 2.41.